The van der Waals surface area contributed by atoms with Crippen LogP contribution in [0.1, 0.15) is 60.0 Å². The van der Waals surface area contributed by atoms with E-state index in [0.717, 1.165) is 53.2 Å². The van der Waals surface area contributed by atoms with Crippen molar-refractivity contribution >= 4 is 30.0 Å². The van der Waals surface area contributed by atoms with Gasteiger partial charge in [0, 0.05) is 41.2 Å². The van der Waals surface area contributed by atoms with E-state index >= 15 is 0 Å². The zero-order chi connectivity index (χ0) is 26.6. The fraction of sp³-hybridized carbons (Fsp3) is 0.355. The molecule has 5 nitrogen and oxygen atoms in total. The average molecular weight is 534 g/mol. The number of nitrogens with zero attached hydrogens (tertiary/aromatic N) is 1. The molecular formula is C31H36FN3O2S. The minimum Gasteiger partial charge on any atom is -0.380 e. The molecule has 0 atom stereocenters. The number of hydrogen-bond acceptors (Lipinski definition) is 5. The molecule has 0 unspecified atom stereocenters. The van der Waals surface area contributed by atoms with E-state index in [2.05, 4.69) is 27.7 Å². The summed E-state index contributed by atoms with van der Waals surface area (Å²) < 4.78 is 14.1. The van der Waals surface area contributed by atoms with E-state index in [-0.39, 0.29) is 11.7 Å². The number of rotatable bonds is 13. The fourth-order valence-corrected chi connectivity index (χ4v) is 5.72. The van der Waals surface area contributed by atoms with Gasteiger partial charge in [-0.1, -0.05) is 54.2 Å². The van der Waals surface area contributed by atoms with Crippen molar-refractivity contribution in [3.05, 3.63) is 98.7 Å². The van der Waals surface area contributed by atoms with Gasteiger partial charge in [-0.2, -0.15) is 0 Å². The van der Waals surface area contributed by atoms with Gasteiger partial charge in [-0.05, 0) is 86.5 Å². The molecule has 1 fully saturated rings. The van der Waals surface area contributed by atoms with Crippen LogP contribution in [0.4, 0.5) is 4.39 Å². The number of hydrogen-bond donors (Lipinski definition) is 2. The van der Waals surface area contributed by atoms with Crippen molar-refractivity contribution in [1.82, 2.24) is 15.5 Å². The lowest BCUT2D eigenvalue weighted by atomic mass is 10.1. The van der Waals surface area contributed by atoms with E-state index < -0.39 is 0 Å². The molecule has 0 radical (unpaired) electrons. The SMILES string of the molecule is O=CC/C(=C/c1ccc(C(=O)NCCCN2CCCC2)cc1)SC1=CCCC=C1NCc1ccccc1F. The van der Waals surface area contributed by atoms with Crippen molar-refractivity contribution < 1.29 is 14.0 Å². The molecule has 1 aliphatic heterocycles. The number of halogens is 1. The third kappa shape index (κ3) is 8.43. The Bertz CT molecular complexity index is 1180. The molecular weight excluding hydrogens is 497 g/mol. The minimum absolute atomic E-state index is 0.0625. The zero-order valence-electron chi connectivity index (χ0n) is 21.8. The van der Waals surface area contributed by atoms with Gasteiger partial charge in [0.25, 0.3) is 5.91 Å². The number of nitrogens with one attached hydrogen (secondary N) is 2. The van der Waals surface area contributed by atoms with Crippen LogP contribution in [0.3, 0.4) is 0 Å². The van der Waals surface area contributed by atoms with Crippen LogP contribution in [0.15, 0.2) is 76.2 Å². The topological polar surface area (TPSA) is 61.4 Å². The Kier molecular flexibility index (Phi) is 10.8. The molecule has 1 saturated heterocycles. The molecule has 2 aromatic rings. The van der Waals surface area contributed by atoms with Gasteiger partial charge in [-0.3, -0.25) is 4.79 Å². The standard InChI is InChI=1S/C31H36FN3O2S/c32-28-9-2-1-8-26(28)23-34-29-10-3-4-11-30(29)38-27(16-21-36)22-24-12-14-25(15-13-24)31(37)33-17-7-20-35-18-5-6-19-35/h1-2,8-15,21-22,34H,3-7,16-20,23H2,(H,33,37)/b27-22-. The number of carbonyl (C=O) groups excluding carboxylic acids is 2. The van der Waals surface area contributed by atoms with Gasteiger partial charge in [0.2, 0.25) is 0 Å². The van der Waals surface area contributed by atoms with Crippen molar-refractivity contribution in [2.45, 2.75) is 45.1 Å². The average Bonchev–Trinajstić information content (AvgIpc) is 3.45. The fourth-order valence-electron chi connectivity index (χ4n) is 4.62. The van der Waals surface area contributed by atoms with E-state index in [9.17, 15) is 14.0 Å². The van der Waals surface area contributed by atoms with Crippen molar-refractivity contribution in [2.24, 2.45) is 0 Å². The number of amides is 1. The number of aldehydes is 1. The molecule has 4 rings (SSSR count). The summed E-state index contributed by atoms with van der Waals surface area (Å²) in [5.41, 5.74) is 3.13. The smallest absolute Gasteiger partial charge is 0.251 e. The first-order chi connectivity index (χ1) is 18.6. The summed E-state index contributed by atoms with van der Waals surface area (Å²) in [6.45, 7) is 4.45. The Morgan fingerprint density at radius 1 is 1.03 bits per heavy atom. The van der Waals surface area contributed by atoms with Crippen molar-refractivity contribution in [2.75, 3.05) is 26.2 Å². The van der Waals surface area contributed by atoms with Crippen LogP contribution >= 0.6 is 11.8 Å². The van der Waals surface area contributed by atoms with Gasteiger partial charge in [0.1, 0.15) is 12.1 Å². The number of likely N-dealkylation sites (tertiary alicyclic amines) is 1. The minimum atomic E-state index is -0.227. The maximum atomic E-state index is 14.1. The molecule has 7 heteroatoms. The van der Waals surface area contributed by atoms with Gasteiger partial charge in [0.15, 0.2) is 0 Å². The molecule has 1 aliphatic carbocycles. The maximum Gasteiger partial charge on any atom is 0.251 e. The monoisotopic (exact) mass is 533 g/mol. The Morgan fingerprint density at radius 2 is 1.79 bits per heavy atom. The summed E-state index contributed by atoms with van der Waals surface area (Å²) in [5, 5.41) is 6.38. The van der Waals surface area contributed by atoms with Crippen LogP contribution in [-0.4, -0.2) is 43.3 Å². The van der Waals surface area contributed by atoms with Crippen LogP contribution in [0.25, 0.3) is 6.08 Å². The molecule has 38 heavy (non-hydrogen) atoms. The molecule has 200 valence electrons. The highest BCUT2D eigenvalue weighted by Crippen LogP contribution is 2.35. The van der Waals surface area contributed by atoms with Gasteiger partial charge in [-0.15, -0.1) is 0 Å². The van der Waals surface area contributed by atoms with E-state index in [0.29, 0.717) is 30.6 Å². The first-order valence-corrected chi connectivity index (χ1v) is 14.2. The Hall–Kier alpha value is -3.16. The van der Waals surface area contributed by atoms with Gasteiger partial charge in [-0.25, -0.2) is 4.39 Å². The second-order valence-electron chi connectivity index (χ2n) is 9.57. The molecule has 2 N–H and O–H groups in total. The van der Waals surface area contributed by atoms with E-state index in [1.54, 1.807) is 23.9 Å². The molecule has 0 aromatic heterocycles. The highest BCUT2D eigenvalue weighted by atomic mass is 32.2. The number of thioether (sulfide) groups is 1. The second kappa shape index (κ2) is 14.7. The molecule has 0 spiro atoms. The molecule has 2 aliphatic rings. The van der Waals surface area contributed by atoms with Gasteiger partial charge in [0.05, 0.1) is 0 Å². The first kappa shape index (κ1) is 27.9. The van der Waals surface area contributed by atoms with Crippen LogP contribution in [0, 0.1) is 5.82 Å². The Morgan fingerprint density at radius 3 is 2.55 bits per heavy atom. The largest absolute Gasteiger partial charge is 0.380 e. The summed E-state index contributed by atoms with van der Waals surface area (Å²) in [6, 6.07) is 14.2. The van der Waals surface area contributed by atoms with Crippen LogP contribution in [-0.2, 0) is 11.3 Å². The zero-order valence-corrected chi connectivity index (χ0v) is 22.6. The van der Waals surface area contributed by atoms with E-state index in [1.807, 2.05) is 36.4 Å². The third-order valence-electron chi connectivity index (χ3n) is 6.70. The van der Waals surface area contributed by atoms with E-state index in [1.165, 1.54) is 32.0 Å². The molecule has 2 aromatic carbocycles. The molecule has 0 bridgehead atoms. The third-order valence-corrected chi connectivity index (χ3v) is 7.85. The lowest BCUT2D eigenvalue weighted by Gasteiger charge is -2.19. The summed E-state index contributed by atoms with van der Waals surface area (Å²) in [6.07, 6.45) is 12.8. The molecule has 1 heterocycles. The second-order valence-corrected chi connectivity index (χ2v) is 10.7. The van der Waals surface area contributed by atoms with Crippen molar-refractivity contribution in [3.63, 3.8) is 0 Å². The highest BCUT2D eigenvalue weighted by molar-refractivity contribution is 8.07. The molecule has 1 amide bonds. The number of allylic oxidation sites excluding steroid dienone is 3. The van der Waals surface area contributed by atoms with Crippen molar-refractivity contribution in [3.8, 4) is 0 Å². The normalized spacial score (nSPS) is 16.1. The van der Waals surface area contributed by atoms with Gasteiger partial charge < -0.3 is 20.3 Å². The highest BCUT2D eigenvalue weighted by Gasteiger charge is 2.14. The lowest BCUT2D eigenvalue weighted by Crippen LogP contribution is -2.28. The summed E-state index contributed by atoms with van der Waals surface area (Å²) in [5.74, 6) is -0.289. The Labute approximate surface area is 229 Å². The first-order valence-electron chi connectivity index (χ1n) is 13.4. The van der Waals surface area contributed by atoms with Crippen molar-refractivity contribution in [1.29, 1.82) is 0 Å². The number of carbonyl (C=O) groups is 2. The quantitative estimate of drug-likeness (QED) is 0.242. The Balaban J connectivity index is 1.33. The van der Waals surface area contributed by atoms with Crippen LogP contribution < -0.4 is 10.6 Å². The van der Waals surface area contributed by atoms with Gasteiger partial charge >= 0.3 is 0 Å². The molecule has 0 saturated carbocycles. The predicted octanol–water partition coefficient (Wildman–Crippen LogP) is 6.06. The predicted molar refractivity (Wildman–Crippen MR) is 154 cm³/mol. The maximum absolute atomic E-state index is 14.1. The van der Waals surface area contributed by atoms with E-state index in [4.69, 9.17) is 0 Å². The summed E-state index contributed by atoms with van der Waals surface area (Å²) in [7, 11) is 0. The van der Waals surface area contributed by atoms with Crippen LogP contribution in [0.2, 0.25) is 0 Å². The number of benzene rings is 2. The summed E-state index contributed by atoms with van der Waals surface area (Å²) >= 11 is 1.55. The lowest BCUT2D eigenvalue weighted by molar-refractivity contribution is -0.107. The summed E-state index contributed by atoms with van der Waals surface area (Å²) in [4.78, 5) is 28.3. The van der Waals surface area contributed by atoms with Crippen LogP contribution in [0.5, 0.6) is 0 Å².